The molecule has 1 fully saturated rings. The Kier molecular flexibility index (Phi) is 2.83. The minimum Gasteiger partial charge on any atom is -0.456 e. The van der Waals surface area contributed by atoms with E-state index in [0.29, 0.717) is 24.8 Å². The summed E-state index contributed by atoms with van der Waals surface area (Å²) in [5, 5.41) is 0.807. The van der Waals surface area contributed by atoms with Gasteiger partial charge in [-0.1, -0.05) is 0 Å². The largest absolute Gasteiger partial charge is 0.456 e. The van der Waals surface area contributed by atoms with Crippen LogP contribution in [-0.2, 0) is 9.47 Å². The third-order valence-corrected chi connectivity index (χ3v) is 3.43. The summed E-state index contributed by atoms with van der Waals surface area (Å²) in [4.78, 5) is 8.19. The summed E-state index contributed by atoms with van der Waals surface area (Å²) < 4.78 is 16.7. The number of nitrogens with two attached hydrogens (primary N) is 1. The first-order chi connectivity index (χ1) is 10.3. The maximum atomic E-state index is 5.89. The van der Waals surface area contributed by atoms with E-state index < -0.39 is 6.29 Å². The van der Waals surface area contributed by atoms with Crippen molar-refractivity contribution in [2.45, 2.75) is 6.29 Å². The number of benzene rings is 1. The maximum Gasteiger partial charge on any atom is 0.217 e. The monoisotopic (exact) mass is 283 g/mol. The lowest BCUT2D eigenvalue weighted by atomic mass is 10.1. The fraction of sp³-hybridized carbons (Fsp3) is 0.200. The van der Waals surface area contributed by atoms with Crippen LogP contribution >= 0.6 is 0 Å². The van der Waals surface area contributed by atoms with E-state index in [-0.39, 0.29) is 0 Å². The van der Waals surface area contributed by atoms with Crippen molar-refractivity contribution in [1.29, 1.82) is 0 Å². The molecule has 0 unspecified atom stereocenters. The van der Waals surface area contributed by atoms with Crippen LogP contribution in [0.2, 0.25) is 0 Å². The fourth-order valence-corrected chi connectivity index (χ4v) is 2.39. The van der Waals surface area contributed by atoms with E-state index in [4.69, 9.17) is 19.6 Å². The molecule has 1 aliphatic rings. The SMILES string of the molecule is Nc1ncnc2ccc(-c3ccc(C4OCCO4)o3)cc12. The van der Waals surface area contributed by atoms with Gasteiger partial charge in [0.15, 0.2) is 5.76 Å². The number of nitrogens with zero attached hydrogens (tertiary/aromatic N) is 2. The second kappa shape index (κ2) is 4.83. The number of furan rings is 1. The van der Waals surface area contributed by atoms with Crippen LogP contribution in [0.5, 0.6) is 0 Å². The minimum absolute atomic E-state index is 0.410. The smallest absolute Gasteiger partial charge is 0.217 e. The number of hydrogen-bond donors (Lipinski definition) is 1. The molecule has 4 rings (SSSR count). The van der Waals surface area contributed by atoms with Gasteiger partial charge in [0.05, 0.1) is 18.7 Å². The standard InChI is InChI=1S/C15H13N3O3/c16-14-10-7-9(1-2-11(10)17-8-18-14)12-3-4-13(21-12)15-19-5-6-20-15/h1-4,7-8,15H,5-6H2,(H2,16,17,18). The molecule has 0 saturated carbocycles. The van der Waals surface area contributed by atoms with Crippen LogP contribution in [0.25, 0.3) is 22.2 Å². The highest BCUT2D eigenvalue weighted by Crippen LogP contribution is 2.31. The predicted molar refractivity (Wildman–Crippen MR) is 76.3 cm³/mol. The van der Waals surface area contributed by atoms with Crippen molar-refractivity contribution < 1.29 is 13.9 Å². The summed E-state index contributed by atoms with van der Waals surface area (Å²) in [6.45, 7) is 1.18. The first-order valence-electron chi connectivity index (χ1n) is 6.65. The van der Waals surface area contributed by atoms with Gasteiger partial charge in [0.2, 0.25) is 6.29 Å². The number of aromatic nitrogens is 2. The van der Waals surface area contributed by atoms with Crippen molar-refractivity contribution in [2.24, 2.45) is 0 Å². The van der Waals surface area contributed by atoms with Gasteiger partial charge in [-0.3, -0.25) is 0 Å². The minimum atomic E-state index is -0.410. The number of rotatable bonds is 2. The molecule has 6 heteroatoms. The molecular formula is C15H13N3O3. The Balaban J connectivity index is 1.74. The number of ether oxygens (including phenoxy) is 2. The lowest BCUT2D eigenvalue weighted by molar-refractivity contribution is -0.0585. The lowest BCUT2D eigenvalue weighted by Crippen LogP contribution is -1.95. The van der Waals surface area contributed by atoms with Crippen molar-refractivity contribution in [2.75, 3.05) is 18.9 Å². The molecule has 0 spiro atoms. The van der Waals surface area contributed by atoms with Gasteiger partial charge < -0.3 is 19.6 Å². The molecule has 0 amide bonds. The van der Waals surface area contributed by atoms with Gasteiger partial charge in [0.1, 0.15) is 17.9 Å². The average Bonchev–Trinajstić information content (AvgIpc) is 3.18. The zero-order valence-electron chi connectivity index (χ0n) is 11.2. The molecule has 1 saturated heterocycles. The van der Waals surface area contributed by atoms with E-state index in [1.54, 1.807) is 0 Å². The molecule has 2 aromatic heterocycles. The number of hydrogen-bond acceptors (Lipinski definition) is 6. The summed E-state index contributed by atoms with van der Waals surface area (Å²) in [5.74, 6) is 1.85. The van der Waals surface area contributed by atoms with E-state index in [1.165, 1.54) is 6.33 Å². The third kappa shape index (κ3) is 2.14. The van der Waals surface area contributed by atoms with Crippen molar-refractivity contribution in [3.63, 3.8) is 0 Å². The first-order valence-corrected chi connectivity index (χ1v) is 6.65. The highest BCUT2D eigenvalue weighted by Gasteiger charge is 2.22. The second-order valence-corrected chi connectivity index (χ2v) is 4.77. The number of fused-ring (bicyclic) bond motifs is 1. The highest BCUT2D eigenvalue weighted by molar-refractivity contribution is 5.90. The van der Waals surface area contributed by atoms with Crippen LogP contribution in [0.1, 0.15) is 12.1 Å². The Morgan fingerprint density at radius 1 is 1.05 bits per heavy atom. The summed E-state index contributed by atoms with van der Waals surface area (Å²) in [7, 11) is 0. The Morgan fingerprint density at radius 3 is 2.76 bits per heavy atom. The predicted octanol–water partition coefficient (Wildman–Crippen LogP) is 2.52. The molecule has 6 nitrogen and oxygen atoms in total. The van der Waals surface area contributed by atoms with E-state index in [0.717, 1.165) is 22.2 Å². The topological polar surface area (TPSA) is 83.4 Å². The molecule has 0 aliphatic carbocycles. The molecule has 1 aliphatic heterocycles. The van der Waals surface area contributed by atoms with Gasteiger partial charge in [-0.05, 0) is 30.3 Å². The normalized spacial score (nSPS) is 15.8. The van der Waals surface area contributed by atoms with Crippen LogP contribution in [0.4, 0.5) is 5.82 Å². The molecule has 106 valence electrons. The summed E-state index contributed by atoms with van der Waals surface area (Å²) >= 11 is 0. The Hall–Kier alpha value is -2.44. The quantitative estimate of drug-likeness (QED) is 0.778. The molecule has 2 N–H and O–H groups in total. The highest BCUT2D eigenvalue weighted by atomic mass is 16.7. The van der Waals surface area contributed by atoms with Gasteiger partial charge in [-0.25, -0.2) is 9.97 Å². The van der Waals surface area contributed by atoms with Crippen LogP contribution in [0.15, 0.2) is 41.1 Å². The van der Waals surface area contributed by atoms with Gasteiger partial charge in [-0.2, -0.15) is 0 Å². The molecule has 0 atom stereocenters. The second-order valence-electron chi connectivity index (χ2n) is 4.77. The maximum absolute atomic E-state index is 5.89. The zero-order chi connectivity index (χ0) is 14.2. The Labute approximate surface area is 120 Å². The average molecular weight is 283 g/mol. The summed E-state index contributed by atoms with van der Waals surface area (Å²) in [6.07, 6.45) is 1.05. The van der Waals surface area contributed by atoms with Crippen LogP contribution in [-0.4, -0.2) is 23.2 Å². The van der Waals surface area contributed by atoms with E-state index in [9.17, 15) is 0 Å². The first kappa shape index (κ1) is 12.3. The van der Waals surface area contributed by atoms with Crippen LogP contribution in [0, 0.1) is 0 Å². The van der Waals surface area contributed by atoms with Crippen LogP contribution in [0.3, 0.4) is 0 Å². The fourth-order valence-electron chi connectivity index (χ4n) is 2.39. The van der Waals surface area contributed by atoms with Gasteiger partial charge in [-0.15, -0.1) is 0 Å². The number of nitrogen functional groups attached to an aromatic ring is 1. The Bertz CT molecular complexity index is 794. The van der Waals surface area contributed by atoms with E-state index >= 15 is 0 Å². The molecule has 0 bridgehead atoms. The zero-order valence-corrected chi connectivity index (χ0v) is 11.2. The molecule has 0 radical (unpaired) electrons. The summed E-state index contributed by atoms with van der Waals surface area (Å²) in [6, 6.07) is 9.51. The van der Waals surface area contributed by atoms with Gasteiger partial charge in [0, 0.05) is 10.9 Å². The Morgan fingerprint density at radius 2 is 1.90 bits per heavy atom. The summed E-state index contributed by atoms with van der Waals surface area (Å²) in [5.41, 5.74) is 7.60. The van der Waals surface area contributed by atoms with E-state index in [1.807, 2.05) is 30.3 Å². The van der Waals surface area contributed by atoms with Crippen molar-refractivity contribution in [1.82, 2.24) is 9.97 Å². The van der Waals surface area contributed by atoms with Crippen molar-refractivity contribution >= 4 is 16.7 Å². The molecule has 3 heterocycles. The lowest BCUT2D eigenvalue weighted by Gasteiger charge is -2.05. The van der Waals surface area contributed by atoms with Crippen molar-refractivity contribution in [3.8, 4) is 11.3 Å². The van der Waals surface area contributed by atoms with Gasteiger partial charge >= 0.3 is 0 Å². The van der Waals surface area contributed by atoms with Gasteiger partial charge in [0.25, 0.3) is 0 Å². The van der Waals surface area contributed by atoms with Crippen LogP contribution < -0.4 is 5.73 Å². The number of anilines is 1. The van der Waals surface area contributed by atoms with Crippen molar-refractivity contribution in [3.05, 3.63) is 42.4 Å². The molecular weight excluding hydrogens is 270 g/mol. The molecule has 1 aromatic carbocycles. The molecule has 21 heavy (non-hydrogen) atoms. The third-order valence-electron chi connectivity index (χ3n) is 3.43. The molecule has 3 aromatic rings. The van der Waals surface area contributed by atoms with E-state index in [2.05, 4.69) is 9.97 Å².